The molecule has 0 aliphatic heterocycles. The molecule has 0 saturated heterocycles. The first kappa shape index (κ1) is 31.9. The molecule has 4 heteroatoms. The van der Waals surface area contributed by atoms with Gasteiger partial charge in [0.2, 0.25) is 0 Å². The molecule has 266 valence electrons. The molecule has 0 spiro atoms. The number of benzene rings is 6. The van der Waals surface area contributed by atoms with Crippen LogP contribution >= 0.6 is 0 Å². The summed E-state index contributed by atoms with van der Waals surface area (Å²) in [5.41, 5.74) is 16.9. The molecule has 0 amide bonds. The molecule has 2 aliphatic carbocycles. The Morgan fingerprint density at radius 1 is 0.333 bits per heavy atom. The van der Waals surface area contributed by atoms with Crippen LogP contribution in [0.3, 0.4) is 0 Å². The van der Waals surface area contributed by atoms with Gasteiger partial charge in [0.15, 0.2) is 0 Å². The number of rotatable bonds is 5. The van der Waals surface area contributed by atoms with Gasteiger partial charge in [0.1, 0.15) is 0 Å². The maximum absolute atomic E-state index is 4.71. The van der Waals surface area contributed by atoms with Crippen LogP contribution in [0.1, 0.15) is 44.5 Å². The molecule has 0 unspecified atom stereocenters. The molecule has 4 nitrogen and oxygen atoms in total. The van der Waals surface area contributed by atoms with Crippen LogP contribution in [0.4, 0.5) is 0 Å². The van der Waals surface area contributed by atoms with Crippen molar-refractivity contribution in [3.8, 4) is 27.9 Å². The Bertz CT molecular complexity index is 2900. The minimum Gasteiger partial charge on any atom is -0.308 e. The van der Waals surface area contributed by atoms with E-state index in [9.17, 15) is 0 Å². The third kappa shape index (κ3) is 4.19. The van der Waals surface area contributed by atoms with Gasteiger partial charge in [0.25, 0.3) is 0 Å². The van der Waals surface area contributed by atoms with Crippen molar-refractivity contribution >= 4 is 21.8 Å². The fourth-order valence-electron chi connectivity index (χ4n) is 10.5. The van der Waals surface area contributed by atoms with E-state index in [0.29, 0.717) is 0 Å². The summed E-state index contributed by atoms with van der Waals surface area (Å²) in [6.45, 7) is 0. The number of nitrogens with zero attached hydrogens (tertiary/aromatic N) is 4. The summed E-state index contributed by atoms with van der Waals surface area (Å²) in [4.78, 5) is 14.0. The maximum atomic E-state index is 4.71. The van der Waals surface area contributed by atoms with E-state index in [-0.39, 0.29) is 0 Å². The Hall–Kier alpha value is -7.43. The van der Waals surface area contributed by atoms with Crippen molar-refractivity contribution in [2.45, 2.75) is 10.8 Å². The number of fused-ring (bicyclic) bond motifs is 9. The van der Waals surface area contributed by atoms with Crippen molar-refractivity contribution in [2.24, 2.45) is 0 Å². The molecule has 0 radical (unpaired) electrons. The molecule has 12 rings (SSSR count). The van der Waals surface area contributed by atoms with Crippen LogP contribution < -0.4 is 0 Å². The van der Waals surface area contributed by atoms with Crippen LogP contribution in [0.5, 0.6) is 0 Å². The van der Waals surface area contributed by atoms with Gasteiger partial charge < -0.3 is 4.57 Å². The van der Waals surface area contributed by atoms with Crippen molar-refractivity contribution in [2.75, 3.05) is 0 Å². The van der Waals surface area contributed by atoms with Crippen LogP contribution in [0, 0.1) is 0 Å². The molecule has 0 saturated carbocycles. The Balaban J connectivity index is 1.21. The number of pyridine rings is 3. The molecule has 6 aromatic carbocycles. The Morgan fingerprint density at radius 2 is 0.719 bits per heavy atom. The third-order valence-electron chi connectivity index (χ3n) is 12.6. The molecule has 0 fully saturated rings. The lowest BCUT2D eigenvalue weighted by molar-refractivity contribution is 0.763. The van der Waals surface area contributed by atoms with Crippen LogP contribution in [0.25, 0.3) is 49.7 Å². The Kier molecular flexibility index (Phi) is 6.73. The Morgan fingerprint density at radius 3 is 1.09 bits per heavy atom. The number of hydrogen-bond acceptors (Lipinski definition) is 3. The largest absolute Gasteiger partial charge is 0.308 e. The van der Waals surface area contributed by atoms with E-state index >= 15 is 0 Å². The van der Waals surface area contributed by atoms with Crippen molar-refractivity contribution < 1.29 is 0 Å². The first-order valence-corrected chi connectivity index (χ1v) is 19.5. The second-order valence-corrected chi connectivity index (χ2v) is 15.2. The first-order chi connectivity index (χ1) is 28.3. The number of aromatic nitrogens is 4. The quantitative estimate of drug-likeness (QED) is 0.177. The summed E-state index contributed by atoms with van der Waals surface area (Å²) in [6, 6.07) is 62.5. The minimum absolute atomic E-state index is 0.573. The predicted octanol–water partition coefficient (Wildman–Crippen LogP) is 11.7. The lowest BCUT2D eigenvalue weighted by Crippen LogP contribution is -2.28. The number of hydrogen-bond donors (Lipinski definition) is 0. The zero-order valence-electron chi connectivity index (χ0n) is 30.9. The van der Waals surface area contributed by atoms with E-state index in [4.69, 9.17) is 9.97 Å². The molecule has 0 atom stereocenters. The lowest BCUT2D eigenvalue weighted by atomic mass is 9.67. The standard InChI is InChI=1S/C53H34N4/c1-5-19-46-40(15-1)41-16-2-6-20-47(41)52(46,37-12-9-27-54-32-37)35-23-25-50-44(30-35)45-31-36(24-26-51(45)57(50)39-14-11-29-56-34-39)53(38-13-10-28-55-33-38)48-21-7-3-17-42(48)43-18-4-8-22-49(43)53/h1-34H. The van der Waals surface area contributed by atoms with Gasteiger partial charge in [-0.2, -0.15) is 0 Å². The monoisotopic (exact) mass is 726 g/mol. The van der Waals surface area contributed by atoms with Gasteiger partial charge in [0, 0.05) is 41.8 Å². The van der Waals surface area contributed by atoms with Gasteiger partial charge in [0.05, 0.1) is 33.7 Å². The zero-order chi connectivity index (χ0) is 37.6. The molecule has 10 aromatic rings. The SMILES string of the molecule is c1cncc(-n2c3ccc(C4(c5cccnc5)c5ccccc5-c5ccccc54)cc3c3cc(C4(c5cccnc5)c5ccccc5-c5ccccc54)ccc32)c1. The average Bonchev–Trinajstić information content (AvgIpc) is 3.90. The van der Waals surface area contributed by atoms with Gasteiger partial charge in [-0.3, -0.25) is 15.0 Å². The molecular weight excluding hydrogens is 693 g/mol. The first-order valence-electron chi connectivity index (χ1n) is 19.5. The highest BCUT2D eigenvalue weighted by molar-refractivity contribution is 6.10. The summed E-state index contributed by atoms with van der Waals surface area (Å²) in [5.74, 6) is 0. The zero-order valence-corrected chi connectivity index (χ0v) is 30.9. The van der Waals surface area contributed by atoms with Crippen molar-refractivity contribution in [3.05, 3.63) is 252 Å². The van der Waals surface area contributed by atoms with Gasteiger partial charge in [-0.15, -0.1) is 0 Å². The van der Waals surface area contributed by atoms with Crippen molar-refractivity contribution in [1.29, 1.82) is 0 Å². The normalized spacial score (nSPS) is 14.2. The summed E-state index contributed by atoms with van der Waals surface area (Å²) < 4.78 is 2.37. The molecule has 0 N–H and O–H groups in total. The van der Waals surface area contributed by atoms with Gasteiger partial charge in [-0.05, 0) is 115 Å². The highest BCUT2D eigenvalue weighted by Gasteiger charge is 2.48. The molecule has 0 bridgehead atoms. The summed E-state index contributed by atoms with van der Waals surface area (Å²) in [7, 11) is 0. The highest BCUT2D eigenvalue weighted by Crippen LogP contribution is 2.58. The van der Waals surface area contributed by atoms with E-state index in [0.717, 1.165) is 27.8 Å². The minimum atomic E-state index is -0.573. The van der Waals surface area contributed by atoms with Crippen molar-refractivity contribution in [3.63, 3.8) is 0 Å². The third-order valence-corrected chi connectivity index (χ3v) is 12.6. The topological polar surface area (TPSA) is 43.6 Å². The molecule has 2 aliphatic rings. The smallest absolute Gasteiger partial charge is 0.0728 e. The van der Waals surface area contributed by atoms with Crippen molar-refractivity contribution in [1.82, 2.24) is 19.5 Å². The molecule has 4 heterocycles. The lowest BCUT2D eigenvalue weighted by Gasteiger charge is -2.34. The van der Waals surface area contributed by atoms with E-state index < -0.39 is 10.8 Å². The van der Waals surface area contributed by atoms with Gasteiger partial charge in [-0.25, -0.2) is 0 Å². The molecular formula is C53H34N4. The van der Waals surface area contributed by atoms with Crippen LogP contribution in [0.2, 0.25) is 0 Å². The fourth-order valence-corrected chi connectivity index (χ4v) is 10.5. The van der Waals surface area contributed by atoms with E-state index in [1.165, 1.54) is 66.4 Å². The van der Waals surface area contributed by atoms with Gasteiger partial charge in [-0.1, -0.05) is 121 Å². The van der Waals surface area contributed by atoms with E-state index in [2.05, 4.69) is 173 Å². The predicted molar refractivity (Wildman–Crippen MR) is 229 cm³/mol. The summed E-state index contributed by atoms with van der Waals surface area (Å²) in [5, 5.41) is 2.36. The summed E-state index contributed by atoms with van der Waals surface area (Å²) in [6.07, 6.45) is 11.6. The Labute approximate surface area is 330 Å². The fraction of sp³-hybridized carbons (Fsp3) is 0.0377. The second kappa shape index (κ2) is 12.0. The van der Waals surface area contributed by atoms with E-state index in [1.54, 1.807) is 0 Å². The highest BCUT2D eigenvalue weighted by atomic mass is 15.0. The van der Waals surface area contributed by atoms with E-state index in [1.807, 2.05) is 43.2 Å². The van der Waals surface area contributed by atoms with Gasteiger partial charge >= 0.3 is 0 Å². The van der Waals surface area contributed by atoms with Crippen LogP contribution in [-0.2, 0) is 10.8 Å². The molecule has 57 heavy (non-hydrogen) atoms. The second-order valence-electron chi connectivity index (χ2n) is 15.2. The van der Waals surface area contributed by atoms with Crippen LogP contribution in [-0.4, -0.2) is 19.5 Å². The van der Waals surface area contributed by atoms with Crippen LogP contribution in [0.15, 0.2) is 207 Å². The summed E-state index contributed by atoms with van der Waals surface area (Å²) >= 11 is 0. The average molecular weight is 727 g/mol. The molecule has 4 aromatic heterocycles. The maximum Gasteiger partial charge on any atom is 0.0728 e.